The van der Waals surface area contributed by atoms with Gasteiger partial charge in [0.2, 0.25) is 5.91 Å². The Labute approximate surface area is 170 Å². The molecule has 2 aromatic rings. The van der Waals surface area contributed by atoms with E-state index in [1.807, 2.05) is 36.4 Å². The molecule has 1 aromatic heterocycles. The molecule has 1 saturated heterocycles. The van der Waals surface area contributed by atoms with E-state index in [2.05, 4.69) is 32.5 Å². The molecular weight excluding hydrogens is 374 g/mol. The maximum Gasteiger partial charge on any atom is 0.239 e. The van der Waals surface area contributed by atoms with Gasteiger partial charge in [-0.25, -0.2) is 0 Å². The van der Waals surface area contributed by atoms with Crippen LogP contribution in [0.4, 0.5) is 0 Å². The normalized spacial score (nSPS) is 19.8. The molecule has 0 radical (unpaired) electrons. The van der Waals surface area contributed by atoms with Crippen LogP contribution in [0.5, 0.6) is 0 Å². The van der Waals surface area contributed by atoms with Crippen LogP contribution >= 0.6 is 11.6 Å². The van der Waals surface area contributed by atoms with Crippen LogP contribution in [0.25, 0.3) is 11.4 Å². The summed E-state index contributed by atoms with van der Waals surface area (Å²) in [6.45, 7) is 2.82. The van der Waals surface area contributed by atoms with Crippen molar-refractivity contribution in [1.29, 1.82) is 0 Å². The van der Waals surface area contributed by atoms with Crippen LogP contribution in [0.15, 0.2) is 48.8 Å². The smallest absolute Gasteiger partial charge is 0.239 e. The van der Waals surface area contributed by atoms with E-state index in [0.29, 0.717) is 18.2 Å². The van der Waals surface area contributed by atoms with Crippen molar-refractivity contribution < 1.29 is 4.79 Å². The van der Waals surface area contributed by atoms with E-state index in [1.54, 1.807) is 12.4 Å². The number of halogens is 1. The average Bonchev–Trinajstić information content (AvgIpc) is 3.29. The van der Waals surface area contributed by atoms with Gasteiger partial charge in [0.1, 0.15) is 0 Å². The molecule has 0 spiro atoms. The summed E-state index contributed by atoms with van der Waals surface area (Å²) in [6.07, 6.45) is 4.54. The van der Waals surface area contributed by atoms with Gasteiger partial charge in [-0.15, -0.1) is 0 Å². The molecule has 0 bridgehead atoms. The highest BCUT2D eigenvalue weighted by Crippen LogP contribution is 2.31. The van der Waals surface area contributed by atoms with Crippen molar-refractivity contribution in [2.24, 2.45) is 0 Å². The zero-order chi connectivity index (χ0) is 19.5. The summed E-state index contributed by atoms with van der Waals surface area (Å²) in [4.78, 5) is 21.1. The van der Waals surface area contributed by atoms with Crippen molar-refractivity contribution in [1.82, 2.24) is 25.4 Å². The van der Waals surface area contributed by atoms with Gasteiger partial charge in [0, 0.05) is 35.6 Å². The van der Waals surface area contributed by atoms with E-state index >= 15 is 0 Å². The summed E-state index contributed by atoms with van der Waals surface area (Å²) < 4.78 is 0. The lowest BCUT2D eigenvalue weighted by Crippen LogP contribution is -2.42. The first-order valence-corrected chi connectivity index (χ1v) is 9.85. The topological polar surface area (TPSA) is 60.5 Å². The largest absolute Gasteiger partial charge is 0.366 e. The first kappa shape index (κ1) is 18.8. The molecule has 146 valence electrons. The number of hydrogen-bond acceptors (Lipinski definition) is 5. The van der Waals surface area contributed by atoms with E-state index in [4.69, 9.17) is 11.6 Å². The van der Waals surface area contributed by atoms with Crippen LogP contribution in [-0.2, 0) is 4.79 Å². The van der Waals surface area contributed by atoms with E-state index in [-0.39, 0.29) is 11.9 Å². The minimum absolute atomic E-state index is 0.0472. The van der Waals surface area contributed by atoms with Gasteiger partial charge in [0.25, 0.3) is 0 Å². The molecule has 1 unspecified atom stereocenters. The van der Waals surface area contributed by atoms with Crippen molar-refractivity contribution in [2.75, 3.05) is 33.4 Å². The fourth-order valence-electron chi connectivity index (χ4n) is 3.82. The Bertz CT molecular complexity index is 868. The summed E-state index contributed by atoms with van der Waals surface area (Å²) in [5, 5.41) is 7.32. The van der Waals surface area contributed by atoms with Crippen LogP contribution in [-0.4, -0.2) is 60.1 Å². The Kier molecular flexibility index (Phi) is 5.50. The van der Waals surface area contributed by atoms with Gasteiger partial charge in [-0.05, 0) is 49.8 Å². The Morgan fingerprint density at radius 1 is 1.21 bits per heavy atom. The fourth-order valence-corrected chi connectivity index (χ4v) is 3.95. The summed E-state index contributed by atoms with van der Waals surface area (Å²) in [5.74, 6) is 0.0472. The molecule has 7 heteroatoms. The summed E-state index contributed by atoms with van der Waals surface area (Å²) in [7, 11) is 2.08. The Morgan fingerprint density at radius 3 is 2.64 bits per heavy atom. The number of rotatable bonds is 5. The Morgan fingerprint density at radius 2 is 1.96 bits per heavy atom. The lowest BCUT2D eigenvalue weighted by Gasteiger charge is -2.22. The van der Waals surface area contributed by atoms with Gasteiger partial charge in [-0.1, -0.05) is 23.7 Å². The molecule has 0 aliphatic carbocycles. The van der Waals surface area contributed by atoms with Gasteiger partial charge in [0.15, 0.2) is 0 Å². The average molecular weight is 398 g/mol. The highest BCUT2D eigenvalue weighted by atomic mass is 35.5. The molecule has 0 saturated carbocycles. The molecule has 28 heavy (non-hydrogen) atoms. The molecular formula is C21H24ClN5O. The van der Waals surface area contributed by atoms with Gasteiger partial charge in [0.05, 0.1) is 24.6 Å². The van der Waals surface area contributed by atoms with Crippen molar-refractivity contribution in [3.8, 4) is 0 Å². The number of carbonyl (C=O) groups is 1. The lowest BCUT2D eigenvalue weighted by molar-refractivity contribution is -0.122. The number of likely N-dealkylation sites (N-methyl/N-ethyl adjacent to an activating group) is 1. The summed E-state index contributed by atoms with van der Waals surface area (Å²) >= 11 is 6.05. The van der Waals surface area contributed by atoms with Crippen LogP contribution in [0.3, 0.4) is 0 Å². The highest BCUT2D eigenvalue weighted by molar-refractivity contribution is 6.30. The molecule has 1 atom stereocenters. The van der Waals surface area contributed by atoms with Gasteiger partial charge >= 0.3 is 0 Å². The zero-order valence-corrected chi connectivity index (χ0v) is 16.6. The molecule has 4 rings (SSSR count). The van der Waals surface area contributed by atoms with Crippen LogP contribution in [0, 0.1) is 0 Å². The fraction of sp³-hybridized carbons (Fsp3) is 0.333. The van der Waals surface area contributed by atoms with Crippen molar-refractivity contribution >= 4 is 28.9 Å². The number of amides is 1. The quantitative estimate of drug-likeness (QED) is 0.810. The third kappa shape index (κ3) is 4.13. The molecule has 2 aliphatic rings. The monoisotopic (exact) mass is 397 g/mol. The second-order valence-electron chi connectivity index (χ2n) is 7.31. The molecule has 1 fully saturated rings. The van der Waals surface area contributed by atoms with Crippen molar-refractivity contribution in [3.05, 3.63) is 64.9 Å². The van der Waals surface area contributed by atoms with Crippen LogP contribution in [0.2, 0.25) is 5.02 Å². The Hall–Kier alpha value is -2.57. The van der Waals surface area contributed by atoms with Crippen LogP contribution < -0.4 is 10.6 Å². The van der Waals surface area contributed by atoms with Gasteiger partial charge in [-0.2, -0.15) is 0 Å². The molecule has 1 aromatic carbocycles. The van der Waals surface area contributed by atoms with E-state index < -0.39 is 0 Å². The molecule has 6 nitrogen and oxygen atoms in total. The maximum absolute atomic E-state index is 12.7. The standard InChI is InChI=1S/C21H24ClN5O/c1-26-11-8-18(12-26)25-19(28)13-27-14-24-20(15-2-4-17(22)5-3-15)21(27)16-6-9-23-10-7-16/h2-7,9-10,18,24H,8,11-14H2,1H3,(H,25,28). The highest BCUT2D eigenvalue weighted by Gasteiger charge is 2.28. The van der Waals surface area contributed by atoms with Gasteiger partial charge < -0.3 is 20.4 Å². The predicted molar refractivity (Wildman–Crippen MR) is 111 cm³/mol. The number of aromatic nitrogens is 1. The van der Waals surface area contributed by atoms with E-state index in [1.165, 1.54) is 0 Å². The lowest BCUT2D eigenvalue weighted by atomic mass is 10.1. The third-order valence-corrected chi connectivity index (χ3v) is 5.43. The first-order valence-electron chi connectivity index (χ1n) is 9.47. The Balaban J connectivity index is 1.58. The number of hydrogen-bond donors (Lipinski definition) is 2. The number of likely N-dealkylation sites (tertiary alicyclic amines) is 1. The number of benzene rings is 1. The van der Waals surface area contributed by atoms with E-state index in [9.17, 15) is 4.79 Å². The SMILES string of the molecule is CN1CCC(NC(=O)CN2CNC(c3ccc(Cl)cc3)=C2c2ccncc2)C1. The van der Waals surface area contributed by atoms with Gasteiger partial charge in [-0.3, -0.25) is 9.78 Å². The second kappa shape index (κ2) is 8.20. The number of nitrogens with one attached hydrogen (secondary N) is 2. The zero-order valence-electron chi connectivity index (χ0n) is 15.9. The predicted octanol–water partition coefficient (Wildman–Crippen LogP) is 2.24. The molecule has 2 N–H and O–H groups in total. The van der Waals surface area contributed by atoms with E-state index in [0.717, 1.165) is 42.0 Å². The molecule has 3 heterocycles. The number of nitrogens with zero attached hydrogens (tertiary/aromatic N) is 3. The first-order chi connectivity index (χ1) is 13.6. The third-order valence-electron chi connectivity index (χ3n) is 5.18. The van der Waals surface area contributed by atoms with Crippen molar-refractivity contribution in [2.45, 2.75) is 12.5 Å². The van der Waals surface area contributed by atoms with Crippen molar-refractivity contribution in [3.63, 3.8) is 0 Å². The second-order valence-corrected chi connectivity index (χ2v) is 7.75. The minimum Gasteiger partial charge on any atom is -0.366 e. The maximum atomic E-state index is 12.7. The summed E-state index contributed by atoms with van der Waals surface area (Å²) in [5.41, 5.74) is 4.06. The minimum atomic E-state index is 0.0472. The molecule has 1 amide bonds. The number of pyridine rings is 1. The molecule has 2 aliphatic heterocycles. The number of carbonyl (C=O) groups excluding carboxylic acids is 1. The summed E-state index contributed by atoms with van der Waals surface area (Å²) in [6, 6.07) is 11.9. The van der Waals surface area contributed by atoms with Crippen LogP contribution in [0.1, 0.15) is 17.5 Å².